The third-order valence-electron chi connectivity index (χ3n) is 5.31. The van der Waals surface area contributed by atoms with Gasteiger partial charge in [0.15, 0.2) is 0 Å². The summed E-state index contributed by atoms with van der Waals surface area (Å²) in [5.74, 6) is -1.41. The van der Waals surface area contributed by atoms with Crippen LogP contribution in [0.2, 0.25) is 0 Å². The van der Waals surface area contributed by atoms with Gasteiger partial charge in [0.1, 0.15) is 11.4 Å². The molecule has 3 rings (SSSR count). The average Bonchev–Trinajstić information content (AvgIpc) is 3.19. The zero-order valence-corrected chi connectivity index (χ0v) is 17.9. The molecule has 0 aliphatic carbocycles. The highest BCUT2D eigenvalue weighted by atomic mass is 32.2. The molecule has 8 heteroatoms. The molecule has 4 nitrogen and oxygen atoms in total. The van der Waals surface area contributed by atoms with E-state index >= 15 is 0 Å². The van der Waals surface area contributed by atoms with Gasteiger partial charge in [0, 0.05) is 11.3 Å². The molecule has 31 heavy (non-hydrogen) atoms. The van der Waals surface area contributed by atoms with Crippen molar-refractivity contribution in [3.05, 3.63) is 70.8 Å². The van der Waals surface area contributed by atoms with Gasteiger partial charge in [-0.1, -0.05) is 44.0 Å². The molecular formula is C23H24F3NO3S. The molecule has 1 aliphatic heterocycles. The van der Waals surface area contributed by atoms with Crippen LogP contribution in [0, 0.1) is 0 Å². The van der Waals surface area contributed by atoms with E-state index in [9.17, 15) is 27.9 Å². The van der Waals surface area contributed by atoms with Crippen molar-refractivity contribution in [2.24, 2.45) is 0 Å². The van der Waals surface area contributed by atoms with E-state index in [2.05, 4.69) is 6.92 Å². The lowest BCUT2D eigenvalue weighted by Gasteiger charge is -2.28. The molecule has 2 atom stereocenters. The Hall–Kier alpha value is -2.48. The first-order valence-corrected chi connectivity index (χ1v) is 11.2. The Morgan fingerprint density at radius 2 is 1.71 bits per heavy atom. The van der Waals surface area contributed by atoms with E-state index in [0.717, 1.165) is 43.4 Å². The zero-order chi connectivity index (χ0) is 22.6. The number of thioether (sulfide) groups is 1. The third-order valence-corrected chi connectivity index (χ3v) is 6.64. The Balaban J connectivity index is 1.84. The minimum Gasteiger partial charge on any atom is -0.480 e. The van der Waals surface area contributed by atoms with Crippen molar-refractivity contribution in [3.63, 3.8) is 0 Å². The van der Waals surface area contributed by atoms with Crippen molar-refractivity contribution in [1.29, 1.82) is 0 Å². The highest BCUT2D eigenvalue weighted by Gasteiger charge is 2.43. The lowest BCUT2D eigenvalue weighted by Crippen LogP contribution is -2.43. The second kappa shape index (κ2) is 9.77. The molecule has 2 unspecified atom stereocenters. The van der Waals surface area contributed by atoms with Crippen molar-refractivity contribution in [3.8, 4) is 0 Å². The molecule has 1 aliphatic rings. The maximum Gasteiger partial charge on any atom is 0.416 e. The van der Waals surface area contributed by atoms with Crippen molar-refractivity contribution in [1.82, 2.24) is 4.90 Å². The van der Waals surface area contributed by atoms with Crippen LogP contribution in [0.25, 0.3) is 0 Å². The van der Waals surface area contributed by atoms with Gasteiger partial charge in [-0.25, -0.2) is 4.79 Å². The molecular weight excluding hydrogens is 427 g/mol. The fourth-order valence-corrected chi connectivity index (χ4v) is 5.00. The number of hydrogen-bond acceptors (Lipinski definition) is 3. The Morgan fingerprint density at radius 3 is 2.26 bits per heavy atom. The summed E-state index contributed by atoms with van der Waals surface area (Å²) in [5, 5.41) is 8.94. The highest BCUT2D eigenvalue weighted by molar-refractivity contribution is 7.99. The second-order valence-corrected chi connectivity index (χ2v) is 8.64. The van der Waals surface area contributed by atoms with Crippen LogP contribution >= 0.6 is 11.8 Å². The van der Waals surface area contributed by atoms with Crippen molar-refractivity contribution in [2.75, 3.05) is 5.75 Å². The molecule has 1 fully saturated rings. The molecule has 0 aromatic heterocycles. The number of alkyl halides is 3. The molecule has 0 bridgehead atoms. The molecule has 1 saturated heterocycles. The van der Waals surface area contributed by atoms with Crippen molar-refractivity contribution >= 4 is 23.6 Å². The summed E-state index contributed by atoms with van der Waals surface area (Å²) in [4.78, 5) is 26.2. The van der Waals surface area contributed by atoms with Crippen LogP contribution in [0.1, 0.15) is 58.6 Å². The van der Waals surface area contributed by atoms with Gasteiger partial charge in [0.25, 0.3) is 5.91 Å². The number of rotatable bonds is 7. The SMILES string of the molecule is CCCCCc1ccc(C(=O)N2C(C(=O)O)CSC2c2ccc(C(F)(F)F)cc2)cc1. The van der Waals surface area contributed by atoms with E-state index in [1.54, 1.807) is 12.1 Å². The Kier molecular flexibility index (Phi) is 7.30. The molecule has 2 aromatic carbocycles. The van der Waals surface area contributed by atoms with Crippen LogP contribution in [0.3, 0.4) is 0 Å². The van der Waals surface area contributed by atoms with Gasteiger partial charge < -0.3 is 10.0 Å². The summed E-state index contributed by atoms with van der Waals surface area (Å²) >= 11 is 1.24. The fraction of sp³-hybridized carbons (Fsp3) is 0.391. The largest absolute Gasteiger partial charge is 0.480 e. The van der Waals surface area contributed by atoms with Gasteiger partial charge in [0.05, 0.1) is 5.56 Å². The number of aliphatic carboxylic acids is 1. The van der Waals surface area contributed by atoms with E-state index in [4.69, 9.17) is 0 Å². The van der Waals surface area contributed by atoms with Crippen LogP contribution in [-0.4, -0.2) is 33.7 Å². The minimum atomic E-state index is -4.46. The highest BCUT2D eigenvalue weighted by Crippen LogP contribution is 2.43. The van der Waals surface area contributed by atoms with Gasteiger partial charge in [-0.15, -0.1) is 11.8 Å². The molecule has 0 spiro atoms. The predicted octanol–water partition coefficient (Wildman–Crippen LogP) is 5.78. The number of unbranched alkanes of at least 4 members (excludes halogenated alkanes) is 2. The monoisotopic (exact) mass is 451 g/mol. The van der Waals surface area contributed by atoms with Gasteiger partial charge in [-0.2, -0.15) is 13.2 Å². The first kappa shape index (κ1) is 23.2. The number of halogens is 3. The van der Waals surface area contributed by atoms with Crippen LogP contribution in [0.5, 0.6) is 0 Å². The third kappa shape index (κ3) is 5.42. The fourth-order valence-electron chi connectivity index (χ4n) is 3.58. The van der Waals surface area contributed by atoms with Crippen LogP contribution in [0.4, 0.5) is 13.2 Å². The number of hydrogen-bond donors (Lipinski definition) is 1. The molecule has 0 radical (unpaired) electrons. The molecule has 0 saturated carbocycles. The Bertz CT molecular complexity index is 913. The van der Waals surface area contributed by atoms with E-state index in [1.807, 2.05) is 12.1 Å². The van der Waals surface area contributed by atoms with Gasteiger partial charge in [0.2, 0.25) is 0 Å². The maximum absolute atomic E-state index is 13.2. The molecule has 1 heterocycles. The topological polar surface area (TPSA) is 57.6 Å². The van der Waals surface area contributed by atoms with Crippen LogP contribution < -0.4 is 0 Å². The van der Waals surface area contributed by atoms with Crippen LogP contribution in [-0.2, 0) is 17.4 Å². The number of benzene rings is 2. The first-order valence-electron chi connectivity index (χ1n) is 10.2. The van der Waals surface area contributed by atoms with Gasteiger partial charge in [-0.3, -0.25) is 4.79 Å². The number of carbonyl (C=O) groups excluding carboxylic acids is 1. The molecule has 166 valence electrons. The maximum atomic E-state index is 13.2. The van der Waals surface area contributed by atoms with Gasteiger partial charge in [-0.05, 0) is 48.2 Å². The minimum absolute atomic E-state index is 0.169. The number of amides is 1. The summed E-state index contributed by atoms with van der Waals surface area (Å²) in [6, 6.07) is 10.6. The summed E-state index contributed by atoms with van der Waals surface area (Å²) in [7, 11) is 0. The smallest absolute Gasteiger partial charge is 0.416 e. The quantitative estimate of drug-likeness (QED) is 0.542. The Morgan fingerprint density at radius 1 is 1.06 bits per heavy atom. The second-order valence-electron chi connectivity index (χ2n) is 7.53. The molecule has 2 aromatic rings. The summed E-state index contributed by atoms with van der Waals surface area (Å²) in [6.45, 7) is 2.13. The van der Waals surface area contributed by atoms with Crippen molar-refractivity contribution < 1.29 is 27.9 Å². The molecule has 1 N–H and O–H groups in total. The van der Waals surface area contributed by atoms with Crippen LogP contribution in [0.15, 0.2) is 48.5 Å². The van der Waals surface area contributed by atoms with Gasteiger partial charge >= 0.3 is 12.1 Å². The number of carbonyl (C=O) groups is 2. The molecule has 1 amide bonds. The number of aryl methyl sites for hydroxylation is 1. The predicted molar refractivity (Wildman–Crippen MR) is 114 cm³/mol. The summed E-state index contributed by atoms with van der Waals surface area (Å²) < 4.78 is 38.6. The number of carboxylic acid groups (broad SMARTS) is 1. The summed E-state index contributed by atoms with van der Waals surface area (Å²) in [5.41, 5.74) is 1.15. The van der Waals surface area contributed by atoms with E-state index in [0.29, 0.717) is 11.1 Å². The van der Waals surface area contributed by atoms with Crippen molar-refractivity contribution in [2.45, 2.75) is 50.2 Å². The zero-order valence-electron chi connectivity index (χ0n) is 17.1. The normalized spacial score (nSPS) is 18.9. The van der Waals surface area contributed by atoms with E-state index in [1.165, 1.54) is 28.8 Å². The summed E-state index contributed by atoms with van der Waals surface area (Å²) in [6.07, 6.45) is -0.247. The lowest BCUT2D eigenvalue weighted by atomic mass is 10.0. The van der Waals surface area contributed by atoms with E-state index < -0.39 is 35.0 Å². The number of carboxylic acids is 1. The van der Waals surface area contributed by atoms with E-state index in [-0.39, 0.29) is 5.75 Å². The standard InChI is InChI=1S/C23H24F3NO3S/c1-2-3-4-5-15-6-8-16(9-7-15)20(28)27-19(22(29)30)14-31-21(27)17-10-12-18(13-11-17)23(24,25)26/h6-13,19,21H,2-5,14H2,1H3,(H,29,30). The first-order chi connectivity index (χ1) is 14.7. The number of nitrogens with zero attached hydrogens (tertiary/aromatic N) is 1. The lowest BCUT2D eigenvalue weighted by molar-refractivity contribution is -0.141. The Labute approximate surface area is 183 Å². The average molecular weight is 452 g/mol.